The summed E-state index contributed by atoms with van der Waals surface area (Å²) in [5.41, 5.74) is -0.804. The highest BCUT2D eigenvalue weighted by molar-refractivity contribution is 6.99. The number of amides is 2. The molecule has 0 saturated carbocycles. The fourth-order valence-electron chi connectivity index (χ4n) is 4.38. The third kappa shape index (κ3) is 8.38. The Hall–Kier alpha value is -3.21. The van der Waals surface area contributed by atoms with Gasteiger partial charge in [-0.3, -0.25) is 4.79 Å². The van der Waals surface area contributed by atoms with E-state index in [0.29, 0.717) is 0 Å². The summed E-state index contributed by atoms with van der Waals surface area (Å²) < 4.78 is 17.0. The van der Waals surface area contributed by atoms with Crippen LogP contribution in [0.4, 0.5) is 4.79 Å². The monoisotopic (exact) mass is 558 g/mol. The number of nitrogens with one attached hydrogen (secondary N) is 2. The number of carbonyl (C=O) groups excluding carboxylic acids is 3. The van der Waals surface area contributed by atoms with Crippen molar-refractivity contribution in [2.75, 3.05) is 13.7 Å². The number of benzene rings is 2. The van der Waals surface area contributed by atoms with Crippen LogP contribution in [0.2, 0.25) is 5.04 Å². The van der Waals surface area contributed by atoms with Gasteiger partial charge in [-0.25, -0.2) is 9.59 Å². The number of aliphatic hydroxyl groups excluding tert-OH is 1. The number of carbonyl (C=O) groups is 3. The van der Waals surface area contributed by atoms with E-state index >= 15 is 0 Å². The first-order valence-electron chi connectivity index (χ1n) is 12.9. The number of esters is 1. The van der Waals surface area contributed by atoms with Crippen molar-refractivity contribution >= 4 is 36.7 Å². The predicted octanol–water partition coefficient (Wildman–Crippen LogP) is 2.49. The lowest BCUT2D eigenvalue weighted by molar-refractivity contribution is -0.146. The Morgan fingerprint density at radius 1 is 0.872 bits per heavy atom. The molecule has 0 bridgehead atoms. The zero-order valence-corrected chi connectivity index (χ0v) is 25.1. The summed E-state index contributed by atoms with van der Waals surface area (Å²) in [5.74, 6) is -1.50. The van der Waals surface area contributed by atoms with Crippen molar-refractivity contribution in [3.63, 3.8) is 0 Å². The fourth-order valence-corrected chi connectivity index (χ4v) is 8.95. The van der Waals surface area contributed by atoms with E-state index in [-0.39, 0.29) is 11.6 Å². The van der Waals surface area contributed by atoms with E-state index in [1.807, 2.05) is 60.7 Å². The summed E-state index contributed by atoms with van der Waals surface area (Å²) in [6.07, 6.45) is -2.14. The summed E-state index contributed by atoms with van der Waals surface area (Å²) in [4.78, 5) is 38.3. The molecule has 2 rings (SSSR count). The number of alkyl carbamates (subject to hydrolysis) is 1. The van der Waals surface area contributed by atoms with E-state index in [0.717, 1.165) is 10.4 Å². The molecule has 2 aromatic rings. The first-order chi connectivity index (χ1) is 18.1. The number of methoxy groups -OCH3 is 1. The normalized spacial score (nSPS) is 14.5. The average Bonchev–Trinajstić information content (AvgIpc) is 2.85. The van der Waals surface area contributed by atoms with Gasteiger partial charge in [0.1, 0.15) is 17.7 Å². The largest absolute Gasteiger partial charge is 0.467 e. The zero-order valence-electron chi connectivity index (χ0n) is 24.1. The van der Waals surface area contributed by atoms with Gasteiger partial charge >= 0.3 is 12.1 Å². The molecule has 0 fully saturated rings. The van der Waals surface area contributed by atoms with E-state index < -0.39 is 50.1 Å². The molecule has 0 heterocycles. The van der Waals surface area contributed by atoms with Gasteiger partial charge in [0.2, 0.25) is 5.91 Å². The Balaban J connectivity index is 2.41. The van der Waals surface area contributed by atoms with Crippen LogP contribution in [-0.4, -0.2) is 68.9 Å². The van der Waals surface area contributed by atoms with Crippen LogP contribution in [0.1, 0.15) is 48.5 Å². The topological polar surface area (TPSA) is 123 Å². The molecule has 2 aromatic carbocycles. The molecule has 3 N–H and O–H groups in total. The van der Waals surface area contributed by atoms with E-state index in [9.17, 15) is 19.5 Å². The van der Waals surface area contributed by atoms with Crippen LogP contribution < -0.4 is 21.0 Å². The van der Waals surface area contributed by atoms with Crippen molar-refractivity contribution in [1.82, 2.24) is 10.6 Å². The molecule has 0 saturated heterocycles. The maximum absolute atomic E-state index is 13.2. The maximum Gasteiger partial charge on any atom is 0.408 e. The van der Waals surface area contributed by atoms with E-state index in [1.54, 1.807) is 20.8 Å². The minimum Gasteiger partial charge on any atom is -0.467 e. The molecule has 9 nitrogen and oxygen atoms in total. The molecule has 10 heteroatoms. The second kappa shape index (κ2) is 13.2. The Morgan fingerprint density at radius 2 is 1.36 bits per heavy atom. The van der Waals surface area contributed by atoms with Crippen LogP contribution in [0.15, 0.2) is 60.7 Å². The van der Waals surface area contributed by atoms with Crippen molar-refractivity contribution < 1.29 is 33.4 Å². The average molecular weight is 559 g/mol. The molecule has 0 aromatic heterocycles. The van der Waals surface area contributed by atoms with Crippen LogP contribution >= 0.6 is 0 Å². The van der Waals surface area contributed by atoms with Gasteiger partial charge in [0, 0.05) is 0 Å². The van der Waals surface area contributed by atoms with Gasteiger partial charge in [-0.15, -0.1) is 0 Å². The highest BCUT2D eigenvalue weighted by atomic mass is 28.4. The molecule has 2 amide bonds. The number of rotatable bonds is 10. The van der Waals surface area contributed by atoms with Crippen LogP contribution in [0.3, 0.4) is 0 Å². The second-order valence-electron chi connectivity index (χ2n) is 11.4. The maximum atomic E-state index is 13.2. The molecule has 0 aliphatic heterocycles. The molecular formula is C29H42N2O7Si. The van der Waals surface area contributed by atoms with Gasteiger partial charge in [-0.05, 0) is 43.1 Å². The van der Waals surface area contributed by atoms with Crippen molar-refractivity contribution in [3.8, 4) is 0 Å². The predicted molar refractivity (Wildman–Crippen MR) is 152 cm³/mol. The van der Waals surface area contributed by atoms with Gasteiger partial charge in [0.25, 0.3) is 8.32 Å². The Kier molecular flexibility index (Phi) is 10.9. The van der Waals surface area contributed by atoms with Gasteiger partial charge in [-0.1, -0.05) is 81.4 Å². The molecule has 0 spiro atoms. The van der Waals surface area contributed by atoms with Crippen LogP contribution in [-0.2, 0) is 23.5 Å². The third-order valence-corrected chi connectivity index (χ3v) is 11.1. The van der Waals surface area contributed by atoms with Gasteiger partial charge in [0.05, 0.1) is 19.8 Å². The number of aliphatic hydroxyl groups is 1. The standard InChI is InChI=1S/C29H42N2O7Si/c1-20(32)24(31-27(35)38-28(2,3)4)25(33)30-23(26(34)36-8)19-37-39(29(5,6)7,21-15-11-9-12-16-21)22-17-13-10-14-18-22/h9-18,20,23-24,32H,19H2,1-8H3,(H,30,33)(H,31,35). The van der Waals surface area contributed by atoms with Crippen LogP contribution in [0, 0.1) is 0 Å². The third-order valence-electron chi connectivity index (χ3n) is 6.12. The van der Waals surface area contributed by atoms with E-state index in [2.05, 4.69) is 31.4 Å². The smallest absolute Gasteiger partial charge is 0.408 e. The number of hydrogen-bond donors (Lipinski definition) is 3. The van der Waals surface area contributed by atoms with E-state index in [1.165, 1.54) is 14.0 Å². The molecule has 0 aliphatic rings. The summed E-state index contributed by atoms with van der Waals surface area (Å²) in [7, 11) is -1.80. The Labute approximate surface area is 232 Å². The number of hydrogen-bond acceptors (Lipinski definition) is 7. The summed E-state index contributed by atoms with van der Waals surface area (Å²) in [5, 5.41) is 16.9. The summed E-state index contributed by atoms with van der Waals surface area (Å²) >= 11 is 0. The van der Waals surface area contributed by atoms with Gasteiger partial charge in [-0.2, -0.15) is 0 Å². The van der Waals surface area contributed by atoms with Crippen LogP contribution in [0.5, 0.6) is 0 Å². The molecule has 0 radical (unpaired) electrons. The number of ether oxygens (including phenoxy) is 2. The lowest BCUT2D eigenvalue weighted by Gasteiger charge is -2.43. The van der Waals surface area contributed by atoms with Gasteiger partial charge < -0.3 is 29.6 Å². The van der Waals surface area contributed by atoms with Crippen molar-refractivity contribution in [1.29, 1.82) is 0 Å². The quantitative estimate of drug-likeness (QED) is 0.302. The minimum absolute atomic E-state index is 0.190. The molecule has 214 valence electrons. The van der Waals surface area contributed by atoms with Gasteiger partial charge in [0.15, 0.2) is 0 Å². The molecule has 3 unspecified atom stereocenters. The first-order valence-corrected chi connectivity index (χ1v) is 14.8. The van der Waals surface area contributed by atoms with Crippen molar-refractivity contribution in [3.05, 3.63) is 60.7 Å². The lowest BCUT2D eigenvalue weighted by atomic mass is 10.1. The molecule has 39 heavy (non-hydrogen) atoms. The lowest BCUT2D eigenvalue weighted by Crippen LogP contribution is -2.68. The minimum atomic E-state index is -3.02. The summed E-state index contributed by atoms with van der Waals surface area (Å²) in [6, 6.07) is 17.2. The highest BCUT2D eigenvalue weighted by Crippen LogP contribution is 2.36. The highest BCUT2D eigenvalue weighted by Gasteiger charge is 2.50. The van der Waals surface area contributed by atoms with Crippen LogP contribution in [0.25, 0.3) is 0 Å². The van der Waals surface area contributed by atoms with Crippen molar-refractivity contribution in [2.45, 2.75) is 77.3 Å². The van der Waals surface area contributed by atoms with Crippen molar-refractivity contribution in [2.24, 2.45) is 0 Å². The second-order valence-corrected chi connectivity index (χ2v) is 15.7. The summed E-state index contributed by atoms with van der Waals surface area (Å²) in [6.45, 7) is 12.5. The SMILES string of the molecule is COC(=O)C(CO[Si](c1ccccc1)(c1ccccc1)C(C)(C)C)NC(=O)C(NC(=O)OC(C)(C)C)C(C)O. The van der Waals surface area contributed by atoms with E-state index in [4.69, 9.17) is 13.9 Å². The fraction of sp³-hybridized carbons (Fsp3) is 0.483. The first kappa shape index (κ1) is 32.0. The Morgan fingerprint density at radius 3 is 1.74 bits per heavy atom. The Bertz CT molecular complexity index is 1060. The molecule has 3 atom stereocenters. The zero-order chi connectivity index (χ0) is 29.4. The molecule has 0 aliphatic carbocycles. The molecular weight excluding hydrogens is 516 g/mol.